The van der Waals surface area contributed by atoms with Crippen LogP contribution in [0.3, 0.4) is 0 Å². The van der Waals surface area contributed by atoms with Gasteiger partial charge in [-0.05, 0) is 61.8 Å². The van der Waals surface area contributed by atoms with Crippen molar-refractivity contribution >= 4 is 17.6 Å². The van der Waals surface area contributed by atoms with E-state index in [4.69, 9.17) is 10.8 Å². The van der Waals surface area contributed by atoms with Crippen LogP contribution in [-0.4, -0.2) is 11.2 Å². The molecule has 2 N–H and O–H groups in total. The molecular weight excluding hydrogens is 314 g/mol. The summed E-state index contributed by atoms with van der Waals surface area (Å²) in [5.41, 5.74) is 4.01. The molecule has 24 heavy (non-hydrogen) atoms. The summed E-state index contributed by atoms with van der Waals surface area (Å²) in [6, 6.07) is 8.35. The highest BCUT2D eigenvalue weighted by molar-refractivity contribution is 7.13. The molecule has 1 heterocycles. The minimum atomic E-state index is 0.398. The molecular formula is C20H23N3S. The summed E-state index contributed by atoms with van der Waals surface area (Å²) in [6.07, 6.45) is 10.3. The molecule has 1 aromatic heterocycles. The van der Waals surface area contributed by atoms with Crippen molar-refractivity contribution < 1.29 is 0 Å². The van der Waals surface area contributed by atoms with Crippen molar-refractivity contribution in [3.63, 3.8) is 0 Å². The molecule has 4 fully saturated rings. The molecule has 0 radical (unpaired) electrons. The molecule has 4 saturated carbocycles. The Morgan fingerprint density at radius 1 is 1.04 bits per heavy atom. The van der Waals surface area contributed by atoms with Crippen LogP contribution >= 0.6 is 11.3 Å². The highest BCUT2D eigenvalue weighted by atomic mass is 32.1. The van der Waals surface area contributed by atoms with Crippen LogP contribution < -0.4 is 5.84 Å². The number of hydrogen-bond acceptors (Lipinski definition) is 4. The van der Waals surface area contributed by atoms with Gasteiger partial charge in [0.25, 0.3) is 0 Å². The summed E-state index contributed by atoms with van der Waals surface area (Å²) < 4.78 is 0. The standard InChI is InChI=1S/C20H23N3S/c21-22-11-13-1-3-17(4-2-13)19-23-18(12-24-19)20-8-14-5-15(9-20)7-16(6-14)10-20/h1-4,11-12,14-16H,5-10,21H2. The normalized spacial score (nSPS) is 34.2. The first-order chi connectivity index (χ1) is 11.7. The van der Waals surface area contributed by atoms with Crippen LogP contribution in [0.1, 0.15) is 49.8 Å². The number of nitrogens with zero attached hydrogens (tertiary/aromatic N) is 2. The minimum Gasteiger partial charge on any atom is -0.323 e. The third kappa shape index (κ3) is 2.31. The van der Waals surface area contributed by atoms with E-state index < -0.39 is 0 Å². The Bertz CT molecular complexity index is 739. The van der Waals surface area contributed by atoms with Gasteiger partial charge in [-0.25, -0.2) is 4.98 Å². The van der Waals surface area contributed by atoms with Crippen molar-refractivity contribution in [2.75, 3.05) is 0 Å². The molecule has 4 aliphatic rings. The van der Waals surface area contributed by atoms with Gasteiger partial charge in [0.2, 0.25) is 0 Å². The first kappa shape index (κ1) is 14.6. The average molecular weight is 337 g/mol. The van der Waals surface area contributed by atoms with Gasteiger partial charge in [0.1, 0.15) is 5.01 Å². The maximum Gasteiger partial charge on any atom is 0.123 e. The van der Waals surface area contributed by atoms with E-state index in [-0.39, 0.29) is 0 Å². The Morgan fingerprint density at radius 2 is 1.67 bits per heavy atom. The summed E-state index contributed by atoms with van der Waals surface area (Å²) in [4.78, 5) is 5.11. The minimum absolute atomic E-state index is 0.398. The second-order valence-corrected chi connectivity index (χ2v) is 8.99. The Hall–Kier alpha value is -1.68. The second-order valence-electron chi connectivity index (χ2n) is 8.14. The molecule has 2 aromatic rings. The second kappa shape index (κ2) is 5.41. The van der Waals surface area contributed by atoms with Gasteiger partial charge < -0.3 is 5.84 Å². The van der Waals surface area contributed by atoms with E-state index in [1.54, 1.807) is 17.6 Å². The summed E-state index contributed by atoms with van der Waals surface area (Å²) in [7, 11) is 0. The lowest BCUT2D eigenvalue weighted by Gasteiger charge is -2.56. The van der Waals surface area contributed by atoms with Gasteiger partial charge in [0, 0.05) is 16.4 Å². The van der Waals surface area contributed by atoms with Crippen molar-refractivity contribution in [1.29, 1.82) is 0 Å². The number of aromatic nitrogens is 1. The smallest absolute Gasteiger partial charge is 0.123 e. The zero-order chi connectivity index (χ0) is 16.1. The molecule has 124 valence electrons. The summed E-state index contributed by atoms with van der Waals surface area (Å²) in [5, 5.41) is 7.08. The molecule has 0 spiro atoms. The topological polar surface area (TPSA) is 51.3 Å². The third-order valence-corrected chi connectivity index (χ3v) is 7.36. The average Bonchev–Trinajstić information content (AvgIpc) is 3.05. The summed E-state index contributed by atoms with van der Waals surface area (Å²) in [6.45, 7) is 0. The number of benzene rings is 1. The highest BCUT2D eigenvalue weighted by Gasteiger charge is 2.52. The molecule has 3 nitrogen and oxygen atoms in total. The van der Waals surface area contributed by atoms with E-state index in [9.17, 15) is 0 Å². The highest BCUT2D eigenvalue weighted by Crippen LogP contribution is 2.60. The lowest BCUT2D eigenvalue weighted by molar-refractivity contribution is -0.00689. The van der Waals surface area contributed by atoms with E-state index in [1.807, 2.05) is 0 Å². The zero-order valence-electron chi connectivity index (χ0n) is 13.8. The number of rotatable bonds is 3. The fourth-order valence-electron chi connectivity index (χ4n) is 5.87. The molecule has 1 aromatic carbocycles. The van der Waals surface area contributed by atoms with Gasteiger partial charge in [-0.15, -0.1) is 11.3 Å². The van der Waals surface area contributed by atoms with E-state index in [0.717, 1.165) is 28.3 Å². The van der Waals surface area contributed by atoms with Gasteiger partial charge in [-0.1, -0.05) is 24.3 Å². The fraction of sp³-hybridized carbons (Fsp3) is 0.500. The first-order valence-electron chi connectivity index (χ1n) is 9.04. The Kier molecular flexibility index (Phi) is 3.30. The van der Waals surface area contributed by atoms with Crippen LogP contribution in [-0.2, 0) is 5.41 Å². The molecule has 0 aliphatic heterocycles. The maximum absolute atomic E-state index is 5.22. The van der Waals surface area contributed by atoms with E-state index in [0.29, 0.717) is 5.41 Å². The van der Waals surface area contributed by atoms with Crippen LogP contribution in [0, 0.1) is 17.8 Å². The monoisotopic (exact) mass is 337 g/mol. The molecule has 4 aliphatic carbocycles. The number of hydrogen-bond donors (Lipinski definition) is 1. The predicted octanol–water partition coefficient (Wildman–Crippen LogP) is 4.57. The molecule has 4 bridgehead atoms. The van der Waals surface area contributed by atoms with Crippen LogP contribution in [0.5, 0.6) is 0 Å². The van der Waals surface area contributed by atoms with Crippen molar-refractivity contribution in [3.05, 3.63) is 40.9 Å². The van der Waals surface area contributed by atoms with Crippen molar-refractivity contribution in [1.82, 2.24) is 4.98 Å². The number of nitrogens with two attached hydrogens (primary N) is 1. The fourth-order valence-corrected chi connectivity index (χ4v) is 6.82. The molecule has 0 amide bonds. The van der Waals surface area contributed by atoms with Gasteiger partial charge in [-0.3, -0.25) is 0 Å². The molecule has 6 rings (SSSR count). The lowest BCUT2D eigenvalue weighted by atomic mass is 9.49. The maximum atomic E-state index is 5.22. The SMILES string of the molecule is NN=Cc1ccc(-c2nc(C34CC5CC(CC(C5)C3)C4)cs2)cc1. The van der Waals surface area contributed by atoms with Crippen LogP contribution in [0.15, 0.2) is 34.7 Å². The van der Waals surface area contributed by atoms with Crippen molar-refractivity contribution in [2.24, 2.45) is 28.7 Å². The predicted molar refractivity (Wildman–Crippen MR) is 99.2 cm³/mol. The third-order valence-electron chi connectivity index (χ3n) is 6.47. The summed E-state index contributed by atoms with van der Waals surface area (Å²) >= 11 is 1.80. The van der Waals surface area contributed by atoms with E-state index in [1.165, 1.54) is 49.8 Å². The Balaban J connectivity index is 1.45. The van der Waals surface area contributed by atoms with Gasteiger partial charge >= 0.3 is 0 Å². The van der Waals surface area contributed by atoms with Crippen LogP contribution in [0.25, 0.3) is 10.6 Å². The number of thiazole rings is 1. The van der Waals surface area contributed by atoms with Crippen molar-refractivity contribution in [2.45, 2.75) is 43.9 Å². The van der Waals surface area contributed by atoms with E-state index in [2.05, 4.69) is 34.7 Å². The largest absolute Gasteiger partial charge is 0.323 e. The Morgan fingerprint density at radius 3 is 2.25 bits per heavy atom. The lowest BCUT2D eigenvalue weighted by Crippen LogP contribution is -2.48. The van der Waals surface area contributed by atoms with Crippen LogP contribution in [0.4, 0.5) is 0 Å². The quantitative estimate of drug-likeness (QED) is 0.507. The van der Waals surface area contributed by atoms with Gasteiger partial charge in [-0.2, -0.15) is 5.10 Å². The number of hydrazone groups is 1. The zero-order valence-corrected chi connectivity index (χ0v) is 14.6. The summed E-state index contributed by atoms with van der Waals surface area (Å²) in [5.74, 6) is 8.12. The van der Waals surface area contributed by atoms with Crippen LogP contribution in [0.2, 0.25) is 0 Å². The molecule has 0 saturated heterocycles. The van der Waals surface area contributed by atoms with Crippen molar-refractivity contribution in [3.8, 4) is 10.6 Å². The molecule has 4 heteroatoms. The molecule has 0 unspecified atom stereocenters. The van der Waals surface area contributed by atoms with Gasteiger partial charge in [0.15, 0.2) is 0 Å². The first-order valence-corrected chi connectivity index (χ1v) is 9.92. The van der Waals surface area contributed by atoms with E-state index >= 15 is 0 Å². The van der Waals surface area contributed by atoms with Gasteiger partial charge in [0.05, 0.1) is 11.9 Å². The Labute approximate surface area is 147 Å². The molecule has 0 atom stereocenters.